The number of alkyl halides is 6. The van der Waals surface area contributed by atoms with Crippen molar-refractivity contribution >= 4 is 21.6 Å². The van der Waals surface area contributed by atoms with Crippen molar-refractivity contribution in [1.82, 2.24) is 15.3 Å². The zero-order valence-electron chi connectivity index (χ0n) is 22.0. The van der Waals surface area contributed by atoms with E-state index in [1.165, 1.54) is 12.5 Å². The fourth-order valence-corrected chi connectivity index (χ4v) is 6.62. The standard InChI is InChI=1S/C26H25F7N4O5S/c27-17-3-6-21(7-4-17)43(41,42)37-20(11-23(39)36-19(13-38)10-18-12-34-14-35-18)5-1-15-9-16(2-8-22(15)37)24(40,25(28,29)30)26(31,32)33/h2-4,6-9,12,14,19-20,38,40H,1,5,10-11,13H2,(H,34,35)(H,36,39)/t19-,20-/m0/s1. The molecule has 1 aliphatic rings. The van der Waals surface area contributed by atoms with Crippen LogP contribution in [0, 0.1) is 5.82 Å². The van der Waals surface area contributed by atoms with Gasteiger partial charge in [-0.15, -0.1) is 0 Å². The molecule has 2 heterocycles. The van der Waals surface area contributed by atoms with Gasteiger partial charge in [0, 0.05) is 30.3 Å². The van der Waals surface area contributed by atoms with Gasteiger partial charge in [0.05, 0.1) is 35.6 Å². The number of aryl methyl sites for hydroxylation is 1. The maximum atomic E-state index is 13.8. The Bertz CT molecular complexity index is 1530. The van der Waals surface area contributed by atoms with Gasteiger partial charge in [0.25, 0.3) is 15.6 Å². The van der Waals surface area contributed by atoms with E-state index in [1.54, 1.807) is 0 Å². The summed E-state index contributed by atoms with van der Waals surface area (Å²) in [5.74, 6) is -1.48. The lowest BCUT2D eigenvalue weighted by Crippen LogP contribution is -2.54. The van der Waals surface area contributed by atoms with E-state index in [9.17, 15) is 54.2 Å². The smallest absolute Gasteiger partial charge is 0.394 e. The number of carbonyl (C=O) groups is 1. The Kier molecular flexibility index (Phi) is 8.82. The molecular formula is C26H25F7N4O5S. The Hall–Kier alpha value is -3.70. The average Bonchev–Trinajstić information content (AvgIpc) is 3.43. The molecule has 0 fully saturated rings. The normalized spacial score (nSPS) is 17.0. The molecule has 4 rings (SSSR count). The molecule has 1 amide bonds. The zero-order valence-corrected chi connectivity index (χ0v) is 22.8. The van der Waals surface area contributed by atoms with Crippen molar-refractivity contribution in [2.45, 2.75) is 60.6 Å². The van der Waals surface area contributed by atoms with E-state index in [4.69, 9.17) is 0 Å². The largest absolute Gasteiger partial charge is 0.430 e. The first-order valence-corrected chi connectivity index (χ1v) is 14.1. The van der Waals surface area contributed by atoms with E-state index in [1.807, 2.05) is 0 Å². The highest BCUT2D eigenvalue weighted by molar-refractivity contribution is 7.92. The Morgan fingerprint density at radius 3 is 2.30 bits per heavy atom. The van der Waals surface area contributed by atoms with Crippen LogP contribution in [0.15, 0.2) is 59.9 Å². The fourth-order valence-electron chi connectivity index (χ4n) is 4.90. The second-order valence-corrected chi connectivity index (χ2v) is 11.7. The van der Waals surface area contributed by atoms with E-state index in [2.05, 4.69) is 15.3 Å². The molecule has 3 aromatic rings. The van der Waals surface area contributed by atoms with Gasteiger partial charge in [-0.3, -0.25) is 9.10 Å². The molecule has 0 bridgehead atoms. The summed E-state index contributed by atoms with van der Waals surface area (Å²) in [6, 6.07) is 3.01. The van der Waals surface area contributed by atoms with Gasteiger partial charge >= 0.3 is 12.4 Å². The van der Waals surface area contributed by atoms with Crippen LogP contribution < -0.4 is 9.62 Å². The van der Waals surface area contributed by atoms with Crippen LogP contribution in [0.2, 0.25) is 0 Å². The lowest BCUT2D eigenvalue weighted by Gasteiger charge is -2.39. The molecule has 0 aliphatic carbocycles. The van der Waals surface area contributed by atoms with Gasteiger partial charge in [-0.25, -0.2) is 17.8 Å². The molecule has 1 aliphatic heterocycles. The van der Waals surface area contributed by atoms with Crippen LogP contribution in [-0.2, 0) is 33.3 Å². The number of anilines is 1. The number of rotatable bonds is 9. The SMILES string of the molecule is O=C(C[C@@H]1CCc2cc(C(O)(C(F)(F)F)C(F)(F)F)ccc2N1S(=O)(=O)c1ccc(F)cc1)N[C@H](CO)Cc1cnc[nH]1. The minimum absolute atomic E-state index is 0.150. The molecule has 0 saturated heterocycles. The number of nitrogens with one attached hydrogen (secondary N) is 2. The van der Waals surface area contributed by atoms with E-state index < -0.39 is 75.3 Å². The van der Waals surface area contributed by atoms with Crippen molar-refractivity contribution in [3.63, 3.8) is 0 Å². The first-order chi connectivity index (χ1) is 20.0. The van der Waals surface area contributed by atoms with Gasteiger partial charge in [-0.05, 0) is 48.7 Å². The molecule has 0 radical (unpaired) electrons. The number of imidazole rings is 1. The van der Waals surface area contributed by atoms with Crippen LogP contribution in [0.25, 0.3) is 0 Å². The van der Waals surface area contributed by atoms with Gasteiger partial charge in [0.2, 0.25) is 5.91 Å². The summed E-state index contributed by atoms with van der Waals surface area (Å²) in [6.07, 6.45) is -10.3. The van der Waals surface area contributed by atoms with Gasteiger partial charge in [-0.1, -0.05) is 12.1 Å². The number of halogens is 7. The maximum absolute atomic E-state index is 13.8. The summed E-state index contributed by atoms with van der Waals surface area (Å²) < 4.78 is 123. The van der Waals surface area contributed by atoms with Gasteiger partial charge in [0.15, 0.2) is 0 Å². The molecule has 234 valence electrons. The summed E-state index contributed by atoms with van der Waals surface area (Å²) in [6.45, 7) is -0.486. The van der Waals surface area contributed by atoms with Crippen LogP contribution >= 0.6 is 0 Å². The minimum atomic E-state index is -6.16. The van der Waals surface area contributed by atoms with E-state index >= 15 is 0 Å². The molecule has 43 heavy (non-hydrogen) atoms. The lowest BCUT2D eigenvalue weighted by atomic mass is 9.87. The molecule has 0 spiro atoms. The second-order valence-electron chi connectivity index (χ2n) is 9.93. The number of aliphatic hydroxyl groups excluding tert-OH is 1. The summed E-state index contributed by atoms with van der Waals surface area (Å²) in [7, 11) is -4.65. The van der Waals surface area contributed by atoms with Crippen LogP contribution in [-0.4, -0.2) is 65.5 Å². The number of sulfonamides is 1. The van der Waals surface area contributed by atoms with E-state index in [-0.39, 0.29) is 30.5 Å². The number of H-pyrrole nitrogens is 1. The molecule has 0 saturated carbocycles. The van der Waals surface area contributed by atoms with Crippen molar-refractivity contribution in [3.05, 3.63) is 77.6 Å². The first kappa shape index (κ1) is 32.2. The Labute approximate surface area is 240 Å². The van der Waals surface area contributed by atoms with E-state index in [0.717, 1.165) is 24.3 Å². The molecule has 4 N–H and O–H groups in total. The van der Waals surface area contributed by atoms with Gasteiger partial charge in [0.1, 0.15) is 5.82 Å². The minimum Gasteiger partial charge on any atom is -0.394 e. The predicted octanol–water partition coefficient (Wildman–Crippen LogP) is 3.48. The highest BCUT2D eigenvalue weighted by Crippen LogP contribution is 2.51. The summed E-state index contributed by atoms with van der Waals surface area (Å²) >= 11 is 0. The molecule has 17 heteroatoms. The monoisotopic (exact) mass is 638 g/mol. The Morgan fingerprint density at radius 1 is 1.09 bits per heavy atom. The number of aliphatic hydroxyl groups is 2. The van der Waals surface area contributed by atoms with Crippen molar-refractivity contribution in [1.29, 1.82) is 0 Å². The van der Waals surface area contributed by atoms with Crippen molar-refractivity contribution in [2.75, 3.05) is 10.9 Å². The third kappa shape index (κ3) is 6.33. The number of fused-ring (bicyclic) bond motifs is 1. The number of benzene rings is 2. The average molecular weight is 639 g/mol. The van der Waals surface area contributed by atoms with Crippen LogP contribution in [0.1, 0.15) is 29.7 Å². The molecular weight excluding hydrogens is 613 g/mol. The number of aromatic nitrogens is 2. The third-order valence-electron chi connectivity index (χ3n) is 7.03. The molecule has 2 atom stereocenters. The number of carbonyl (C=O) groups excluding carboxylic acids is 1. The topological polar surface area (TPSA) is 136 Å². The number of nitrogens with zero attached hydrogens (tertiary/aromatic N) is 2. The van der Waals surface area contributed by atoms with Crippen molar-refractivity contribution in [2.24, 2.45) is 0 Å². The van der Waals surface area contributed by atoms with E-state index in [0.29, 0.717) is 28.2 Å². The molecule has 9 nitrogen and oxygen atoms in total. The summed E-state index contributed by atoms with van der Waals surface area (Å²) in [4.78, 5) is 19.2. The third-order valence-corrected chi connectivity index (χ3v) is 8.91. The number of hydrogen-bond donors (Lipinski definition) is 4. The van der Waals surface area contributed by atoms with Crippen molar-refractivity contribution in [3.8, 4) is 0 Å². The molecule has 1 aromatic heterocycles. The van der Waals surface area contributed by atoms with Gasteiger partial charge < -0.3 is 20.5 Å². The van der Waals surface area contributed by atoms with Gasteiger partial charge in [-0.2, -0.15) is 26.3 Å². The lowest BCUT2D eigenvalue weighted by molar-refractivity contribution is -0.376. The molecule has 2 aromatic carbocycles. The first-order valence-electron chi connectivity index (χ1n) is 12.7. The number of hydrogen-bond acceptors (Lipinski definition) is 6. The quantitative estimate of drug-likeness (QED) is 0.265. The number of aromatic amines is 1. The van der Waals surface area contributed by atoms with Crippen LogP contribution in [0.3, 0.4) is 0 Å². The zero-order chi connectivity index (χ0) is 31.8. The second kappa shape index (κ2) is 11.8. The summed E-state index contributed by atoms with van der Waals surface area (Å²) in [5.41, 5.74) is -6.80. The Morgan fingerprint density at radius 2 is 1.74 bits per heavy atom. The van der Waals surface area contributed by atoms with Crippen LogP contribution in [0.5, 0.6) is 0 Å². The fraction of sp³-hybridized carbons (Fsp3) is 0.385. The maximum Gasteiger partial charge on any atom is 0.430 e. The summed E-state index contributed by atoms with van der Waals surface area (Å²) in [5, 5.41) is 22.1. The highest BCUT2D eigenvalue weighted by atomic mass is 32.2. The van der Waals surface area contributed by atoms with Crippen molar-refractivity contribution < 1.29 is 54.2 Å². The predicted molar refractivity (Wildman–Crippen MR) is 137 cm³/mol. The highest BCUT2D eigenvalue weighted by Gasteiger charge is 2.71. The number of amides is 1. The Balaban J connectivity index is 1.73. The van der Waals surface area contributed by atoms with Crippen LogP contribution in [0.4, 0.5) is 36.4 Å². The molecule has 0 unspecified atom stereocenters.